The molecule has 2 aromatic rings. The Hall–Kier alpha value is -1.84. The molecule has 0 aromatic heterocycles. The van der Waals surface area contributed by atoms with Crippen LogP contribution in [0, 0.1) is 0 Å². The van der Waals surface area contributed by atoms with E-state index in [9.17, 15) is 5.11 Å². The molecule has 1 fully saturated rings. The van der Waals surface area contributed by atoms with Crippen molar-refractivity contribution in [1.82, 2.24) is 9.80 Å². The maximum Gasteiger partial charge on any atom is 0.115 e. The number of nitrogens with zero attached hydrogens (tertiary/aromatic N) is 2. The third-order valence-electron chi connectivity index (χ3n) is 6.78. The van der Waals surface area contributed by atoms with Crippen molar-refractivity contribution < 1.29 is 5.11 Å². The molecule has 1 N–H and O–H groups in total. The van der Waals surface area contributed by atoms with E-state index in [-0.39, 0.29) is 5.41 Å². The second-order valence-corrected chi connectivity index (χ2v) is 8.42. The minimum atomic E-state index is 0.0922. The van der Waals surface area contributed by atoms with Gasteiger partial charge in [0.25, 0.3) is 0 Å². The molecule has 26 heavy (non-hydrogen) atoms. The molecule has 3 nitrogen and oxygen atoms in total. The molecule has 3 unspecified atom stereocenters. The Morgan fingerprint density at radius 3 is 2.73 bits per heavy atom. The molecule has 4 rings (SSSR count). The van der Waals surface area contributed by atoms with Crippen LogP contribution in [0.3, 0.4) is 0 Å². The Kier molecular flexibility index (Phi) is 4.54. The summed E-state index contributed by atoms with van der Waals surface area (Å²) in [6.07, 6.45) is 3.28. The summed E-state index contributed by atoms with van der Waals surface area (Å²) < 4.78 is 0. The summed E-state index contributed by atoms with van der Waals surface area (Å²) >= 11 is 0. The number of piperidine rings is 1. The van der Waals surface area contributed by atoms with E-state index in [1.807, 2.05) is 12.1 Å². The number of likely N-dealkylation sites (tertiary alicyclic amines) is 1. The highest BCUT2D eigenvalue weighted by Gasteiger charge is 2.51. The van der Waals surface area contributed by atoms with Gasteiger partial charge in [0.05, 0.1) is 0 Å². The maximum atomic E-state index is 10.1. The van der Waals surface area contributed by atoms with Crippen LogP contribution in [0.1, 0.15) is 30.0 Å². The van der Waals surface area contributed by atoms with E-state index in [0.717, 1.165) is 32.4 Å². The van der Waals surface area contributed by atoms with Crippen LogP contribution < -0.4 is 0 Å². The van der Waals surface area contributed by atoms with E-state index in [4.69, 9.17) is 0 Å². The molecule has 1 heterocycles. The zero-order valence-corrected chi connectivity index (χ0v) is 16.2. The van der Waals surface area contributed by atoms with Crippen LogP contribution in [0.5, 0.6) is 5.75 Å². The lowest BCUT2D eigenvalue weighted by Gasteiger charge is -2.57. The van der Waals surface area contributed by atoms with E-state index >= 15 is 0 Å². The minimum absolute atomic E-state index is 0.0922. The highest BCUT2D eigenvalue weighted by atomic mass is 16.3. The first-order valence-electron chi connectivity index (χ1n) is 9.76. The highest BCUT2D eigenvalue weighted by Crippen LogP contribution is 2.47. The molecule has 0 amide bonds. The van der Waals surface area contributed by atoms with Gasteiger partial charge in [0, 0.05) is 24.0 Å². The molecule has 1 saturated heterocycles. The van der Waals surface area contributed by atoms with Gasteiger partial charge in [-0.2, -0.15) is 0 Å². The molecule has 2 aromatic carbocycles. The number of hydrogen-bond acceptors (Lipinski definition) is 3. The van der Waals surface area contributed by atoms with Crippen molar-refractivity contribution in [2.45, 2.75) is 43.7 Å². The Morgan fingerprint density at radius 1 is 1.19 bits per heavy atom. The minimum Gasteiger partial charge on any atom is -0.508 e. The highest BCUT2D eigenvalue weighted by molar-refractivity contribution is 5.45. The van der Waals surface area contributed by atoms with Crippen LogP contribution in [0.2, 0.25) is 0 Å². The number of benzene rings is 2. The van der Waals surface area contributed by atoms with Gasteiger partial charge in [0.2, 0.25) is 0 Å². The van der Waals surface area contributed by atoms with Gasteiger partial charge < -0.3 is 14.9 Å². The third kappa shape index (κ3) is 2.93. The van der Waals surface area contributed by atoms with E-state index in [0.29, 0.717) is 17.8 Å². The molecule has 1 aliphatic heterocycles. The molecule has 1 aliphatic carbocycles. The van der Waals surface area contributed by atoms with Gasteiger partial charge in [0.1, 0.15) is 5.75 Å². The van der Waals surface area contributed by atoms with Gasteiger partial charge >= 0.3 is 0 Å². The van der Waals surface area contributed by atoms with Gasteiger partial charge in [-0.15, -0.1) is 0 Å². The van der Waals surface area contributed by atoms with Crippen LogP contribution in [0.25, 0.3) is 0 Å². The predicted molar refractivity (Wildman–Crippen MR) is 107 cm³/mol. The molecular weight excluding hydrogens is 320 g/mol. The summed E-state index contributed by atoms with van der Waals surface area (Å²) in [5.74, 6) is 0.396. The molecule has 2 aliphatic rings. The largest absolute Gasteiger partial charge is 0.508 e. The van der Waals surface area contributed by atoms with E-state index in [2.05, 4.69) is 67.2 Å². The first-order valence-corrected chi connectivity index (χ1v) is 9.76. The fraction of sp³-hybridized carbons (Fsp3) is 0.478. The second kappa shape index (κ2) is 6.71. The first kappa shape index (κ1) is 17.6. The molecule has 0 saturated carbocycles. The Bertz CT molecular complexity index is 775. The average molecular weight is 351 g/mol. The van der Waals surface area contributed by atoms with Crippen LogP contribution in [0.4, 0.5) is 0 Å². The molecule has 3 heteroatoms. The topological polar surface area (TPSA) is 26.7 Å². The zero-order chi connectivity index (χ0) is 18.3. The molecule has 3 atom stereocenters. The van der Waals surface area contributed by atoms with Crippen LogP contribution in [-0.4, -0.2) is 54.2 Å². The van der Waals surface area contributed by atoms with E-state index in [1.165, 1.54) is 16.7 Å². The normalized spacial score (nSPS) is 28.2. The molecule has 0 spiro atoms. The third-order valence-corrected chi connectivity index (χ3v) is 6.78. The summed E-state index contributed by atoms with van der Waals surface area (Å²) in [6, 6.07) is 17.8. The van der Waals surface area contributed by atoms with E-state index in [1.54, 1.807) is 0 Å². The molecule has 0 radical (unpaired) electrons. The maximum absolute atomic E-state index is 10.1. The molecular formula is C23H30N2O. The lowest BCUT2D eigenvalue weighted by atomic mass is 9.61. The number of aromatic hydroxyl groups is 1. The average Bonchev–Trinajstić information content (AvgIpc) is 2.65. The van der Waals surface area contributed by atoms with Crippen LogP contribution in [0.15, 0.2) is 48.5 Å². The Morgan fingerprint density at radius 2 is 1.96 bits per heavy atom. The number of likely N-dealkylation sites (N-methyl/N-ethyl adjacent to an activating group) is 2. The number of phenolic OH excluding ortho intramolecular Hbond substituents is 1. The van der Waals surface area contributed by atoms with Gasteiger partial charge in [-0.3, -0.25) is 0 Å². The Balaban J connectivity index is 1.64. The lowest BCUT2D eigenvalue weighted by Crippen LogP contribution is -2.66. The predicted octanol–water partition coefficient (Wildman–Crippen LogP) is 3.45. The van der Waals surface area contributed by atoms with Crippen molar-refractivity contribution in [3.8, 4) is 5.75 Å². The molecule has 138 valence electrons. The standard InChI is InChI=1S/C23H30N2O/c1-23-12-14-24(2)21(15-18-9-10-19(26)16-20(18)23)22(23)25(3)13-11-17-7-5-4-6-8-17/h4-10,16,21-22,26H,11-15H2,1-3H3. The molecule has 2 bridgehead atoms. The van der Waals surface area contributed by atoms with Crippen LogP contribution >= 0.6 is 0 Å². The summed E-state index contributed by atoms with van der Waals surface area (Å²) in [4.78, 5) is 5.11. The van der Waals surface area contributed by atoms with Gasteiger partial charge in [-0.1, -0.05) is 43.3 Å². The van der Waals surface area contributed by atoms with Crippen molar-refractivity contribution in [3.05, 3.63) is 65.2 Å². The van der Waals surface area contributed by atoms with E-state index < -0.39 is 0 Å². The fourth-order valence-electron chi connectivity index (χ4n) is 5.32. The van der Waals surface area contributed by atoms with Crippen molar-refractivity contribution in [2.75, 3.05) is 27.2 Å². The number of phenols is 1. The van der Waals surface area contributed by atoms with Gasteiger partial charge in [-0.25, -0.2) is 0 Å². The summed E-state index contributed by atoms with van der Waals surface area (Å²) in [5, 5.41) is 10.1. The monoisotopic (exact) mass is 350 g/mol. The van der Waals surface area contributed by atoms with Crippen molar-refractivity contribution >= 4 is 0 Å². The van der Waals surface area contributed by atoms with Crippen LogP contribution in [-0.2, 0) is 18.3 Å². The van der Waals surface area contributed by atoms with Crippen molar-refractivity contribution in [3.63, 3.8) is 0 Å². The smallest absolute Gasteiger partial charge is 0.115 e. The fourth-order valence-corrected chi connectivity index (χ4v) is 5.32. The number of rotatable bonds is 4. The summed E-state index contributed by atoms with van der Waals surface area (Å²) in [7, 11) is 4.56. The first-order chi connectivity index (χ1) is 12.5. The number of fused-ring (bicyclic) bond motifs is 4. The zero-order valence-electron chi connectivity index (χ0n) is 16.2. The Labute approximate surface area is 157 Å². The quantitative estimate of drug-likeness (QED) is 0.915. The second-order valence-electron chi connectivity index (χ2n) is 8.42. The summed E-state index contributed by atoms with van der Waals surface area (Å²) in [5.41, 5.74) is 4.26. The lowest BCUT2D eigenvalue weighted by molar-refractivity contribution is 0.00308. The van der Waals surface area contributed by atoms with Crippen molar-refractivity contribution in [2.24, 2.45) is 0 Å². The van der Waals surface area contributed by atoms with Gasteiger partial charge in [-0.05, 0) is 68.7 Å². The SMILES string of the molecule is CN1CCC2(C)c3cc(O)ccc3CC1C2N(C)CCc1ccccc1. The summed E-state index contributed by atoms with van der Waals surface area (Å²) in [6.45, 7) is 4.59. The number of hydrogen-bond donors (Lipinski definition) is 1. The van der Waals surface area contributed by atoms with Gasteiger partial charge in [0.15, 0.2) is 0 Å². The van der Waals surface area contributed by atoms with Crippen molar-refractivity contribution in [1.29, 1.82) is 0 Å².